The van der Waals surface area contributed by atoms with Gasteiger partial charge in [-0.3, -0.25) is 14.4 Å². The minimum absolute atomic E-state index is 0.111. The Morgan fingerprint density at radius 1 is 0.658 bits per heavy atom. The summed E-state index contributed by atoms with van der Waals surface area (Å²) < 4.78 is 20.7. The highest BCUT2D eigenvalue weighted by Crippen LogP contribution is 2.25. The Bertz CT molecular complexity index is 1240. The number of amides is 2. The van der Waals surface area contributed by atoms with Crippen LogP contribution in [0.1, 0.15) is 30.1 Å². The Balaban J connectivity index is 1.35. The number of anilines is 2. The van der Waals surface area contributed by atoms with Crippen molar-refractivity contribution in [1.82, 2.24) is 0 Å². The lowest BCUT2D eigenvalue weighted by Gasteiger charge is -2.09. The molecule has 0 bridgehead atoms. The van der Waals surface area contributed by atoms with Crippen LogP contribution in [0.15, 0.2) is 72.8 Å². The number of hydrogen-bond acceptors (Lipinski definition) is 8. The maximum atomic E-state index is 12.2. The molecule has 0 fully saturated rings. The molecule has 0 saturated heterocycles. The number of rotatable bonds is 12. The summed E-state index contributed by atoms with van der Waals surface area (Å²) in [4.78, 5) is 47.8. The van der Waals surface area contributed by atoms with Crippen molar-refractivity contribution in [2.45, 2.75) is 19.8 Å². The number of esters is 2. The van der Waals surface area contributed by atoms with Crippen LogP contribution >= 0.6 is 0 Å². The molecule has 38 heavy (non-hydrogen) atoms. The molecule has 0 aliphatic rings. The summed E-state index contributed by atoms with van der Waals surface area (Å²) in [5.74, 6) is -0.121. The summed E-state index contributed by atoms with van der Waals surface area (Å²) in [6, 6.07) is 20.0. The third kappa shape index (κ3) is 8.98. The minimum atomic E-state index is -0.684. The van der Waals surface area contributed by atoms with Crippen LogP contribution in [0.2, 0.25) is 0 Å². The molecule has 2 amide bonds. The van der Waals surface area contributed by atoms with E-state index in [0.29, 0.717) is 28.4 Å². The van der Waals surface area contributed by atoms with Crippen LogP contribution in [0, 0.1) is 0 Å². The molecule has 10 nitrogen and oxygen atoms in total. The van der Waals surface area contributed by atoms with E-state index in [0.717, 1.165) is 5.75 Å². The zero-order valence-electron chi connectivity index (χ0n) is 21.0. The quantitative estimate of drug-likeness (QED) is 0.333. The molecule has 0 spiro atoms. The van der Waals surface area contributed by atoms with Gasteiger partial charge in [-0.15, -0.1) is 0 Å². The molecule has 2 N–H and O–H groups in total. The maximum Gasteiger partial charge on any atom is 0.338 e. The first-order valence-electron chi connectivity index (χ1n) is 11.8. The van der Waals surface area contributed by atoms with Gasteiger partial charge in [0.05, 0.1) is 25.7 Å². The first kappa shape index (κ1) is 27.7. The number of benzene rings is 3. The van der Waals surface area contributed by atoms with Crippen LogP contribution in [0.3, 0.4) is 0 Å². The number of hydrogen-bond donors (Lipinski definition) is 2. The Morgan fingerprint density at radius 2 is 1.18 bits per heavy atom. The monoisotopic (exact) mass is 520 g/mol. The average Bonchev–Trinajstić information content (AvgIpc) is 2.93. The SMILES string of the molecule is CCOC(=O)c1ccc(NC(=O)COC(=O)CCC(=O)Nc2ccc(Oc3ccc(OC)cc3)cc2)cc1. The van der Waals surface area contributed by atoms with Crippen LogP contribution < -0.4 is 20.1 Å². The molecule has 0 radical (unpaired) electrons. The Hall–Kier alpha value is -4.86. The van der Waals surface area contributed by atoms with Crippen LogP contribution in [0.4, 0.5) is 11.4 Å². The number of nitrogens with one attached hydrogen (secondary N) is 2. The fourth-order valence-electron chi connectivity index (χ4n) is 3.14. The molecule has 0 unspecified atom stereocenters. The van der Waals surface area contributed by atoms with Crippen molar-refractivity contribution >= 4 is 35.1 Å². The van der Waals surface area contributed by atoms with Gasteiger partial charge in [0.1, 0.15) is 17.2 Å². The van der Waals surface area contributed by atoms with Gasteiger partial charge in [0.2, 0.25) is 5.91 Å². The van der Waals surface area contributed by atoms with E-state index >= 15 is 0 Å². The van der Waals surface area contributed by atoms with E-state index in [1.807, 2.05) is 0 Å². The molecule has 198 valence electrons. The van der Waals surface area contributed by atoms with E-state index in [2.05, 4.69) is 10.6 Å². The van der Waals surface area contributed by atoms with Gasteiger partial charge in [0.25, 0.3) is 5.91 Å². The van der Waals surface area contributed by atoms with Crippen molar-refractivity contribution < 1.29 is 38.1 Å². The fourth-order valence-corrected chi connectivity index (χ4v) is 3.14. The highest BCUT2D eigenvalue weighted by Gasteiger charge is 2.12. The normalized spacial score (nSPS) is 10.2. The van der Waals surface area contributed by atoms with Crippen molar-refractivity contribution in [3.63, 3.8) is 0 Å². The highest BCUT2D eigenvalue weighted by atomic mass is 16.5. The van der Waals surface area contributed by atoms with Gasteiger partial charge in [0, 0.05) is 17.8 Å². The lowest BCUT2D eigenvalue weighted by atomic mass is 10.2. The van der Waals surface area contributed by atoms with Crippen molar-refractivity contribution in [1.29, 1.82) is 0 Å². The van der Waals surface area contributed by atoms with E-state index < -0.39 is 24.5 Å². The molecule has 0 aliphatic carbocycles. The lowest BCUT2D eigenvalue weighted by molar-refractivity contribution is -0.147. The number of methoxy groups -OCH3 is 1. The molecular weight excluding hydrogens is 492 g/mol. The summed E-state index contributed by atoms with van der Waals surface area (Å²) in [5.41, 5.74) is 1.32. The van der Waals surface area contributed by atoms with Gasteiger partial charge in [0.15, 0.2) is 6.61 Å². The Morgan fingerprint density at radius 3 is 1.76 bits per heavy atom. The van der Waals surface area contributed by atoms with Gasteiger partial charge >= 0.3 is 11.9 Å². The minimum Gasteiger partial charge on any atom is -0.497 e. The van der Waals surface area contributed by atoms with Crippen LogP contribution in [-0.4, -0.2) is 44.1 Å². The zero-order chi connectivity index (χ0) is 27.3. The third-order valence-electron chi connectivity index (χ3n) is 5.03. The first-order chi connectivity index (χ1) is 18.4. The molecule has 0 heterocycles. The van der Waals surface area contributed by atoms with Gasteiger partial charge in [-0.2, -0.15) is 0 Å². The van der Waals surface area contributed by atoms with Crippen molar-refractivity contribution in [3.05, 3.63) is 78.4 Å². The van der Waals surface area contributed by atoms with Crippen LogP contribution in [0.25, 0.3) is 0 Å². The second kappa shape index (κ2) is 14.0. The third-order valence-corrected chi connectivity index (χ3v) is 5.03. The van der Waals surface area contributed by atoms with Crippen LogP contribution in [-0.2, 0) is 23.9 Å². The molecular formula is C28H28N2O8. The number of ether oxygens (including phenoxy) is 4. The summed E-state index contributed by atoms with van der Waals surface area (Å²) in [7, 11) is 1.59. The van der Waals surface area contributed by atoms with Gasteiger partial charge in [-0.1, -0.05) is 0 Å². The zero-order valence-corrected chi connectivity index (χ0v) is 21.0. The lowest BCUT2D eigenvalue weighted by Crippen LogP contribution is -2.21. The van der Waals surface area contributed by atoms with E-state index in [1.165, 1.54) is 24.3 Å². The number of carbonyl (C=O) groups is 4. The van der Waals surface area contributed by atoms with E-state index in [-0.39, 0.29) is 25.4 Å². The molecule has 0 aliphatic heterocycles. The van der Waals surface area contributed by atoms with Crippen LogP contribution in [0.5, 0.6) is 17.2 Å². The molecule has 3 aromatic carbocycles. The summed E-state index contributed by atoms with van der Waals surface area (Å²) in [6.45, 7) is 1.47. The second-order valence-corrected chi connectivity index (χ2v) is 7.86. The van der Waals surface area contributed by atoms with Crippen molar-refractivity contribution in [2.24, 2.45) is 0 Å². The van der Waals surface area contributed by atoms with Gasteiger partial charge in [-0.05, 0) is 79.7 Å². The molecule has 3 rings (SSSR count). The number of carbonyl (C=O) groups excluding carboxylic acids is 4. The predicted molar refractivity (Wildman–Crippen MR) is 139 cm³/mol. The molecule has 0 atom stereocenters. The predicted octanol–water partition coefficient (Wildman–Crippen LogP) is 4.56. The molecule has 0 aromatic heterocycles. The van der Waals surface area contributed by atoms with Crippen molar-refractivity contribution in [2.75, 3.05) is 31.0 Å². The molecule has 10 heteroatoms. The van der Waals surface area contributed by atoms with Gasteiger partial charge in [-0.25, -0.2) is 4.79 Å². The van der Waals surface area contributed by atoms with E-state index in [9.17, 15) is 19.2 Å². The topological polar surface area (TPSA) is 129 Å². The summed E-state index contributed by atoms with van der Waals surface area (Å²) >= 11 is 0. The Kier molecular flexibility index (Phi) is 10.2. The molecule has 3 aromatic rings. The average molecular weight is 521 g/mol. The van der Waals surface area contributed by atoms with Crippen molar-refractivity contribution in [3.8, 4) is 17.2 Å². The fraction of sp³-hybridized carbons (Fsp3) is 0.214. The van der Waals surface area contributed by atoms with Gasteiger partial charge < -0.3 is 29.6 Å². The molecule has 0 saturated carbocycles. The van der Waals surface area contributed by atoms with E-state index in [4.69, 9.17) is 18.9 Å². The largest absolute Gasteiger partial charge is 0.497 e. The standard InChI is InChI=1S/C28H28N2O8/c1-3-36-28(34)19-4-6-20(7-5-19)30-26(32)18-37-27(33)17-16-25(31)29-21-8-10-23(11-9-21)38-24-14-12-22(35-2)13-15-24/h4-15H,3,16-18H2,1-2H3,(H,29,31)(H,30,32). The smallest absolute Gasteiger partial charge is 0.338 e. The highest BCUT2D eigenvalue weighted by molar-refractivity contribution is 5.95. The Labute approximate surface area is 219 Å². The van der Waals surface area contributed by atoms with E-state index in [1.54, 1.807) is 62.6 Å². The second-order valence-electron chi connectivity index (χ2n) is 7.86. The first-order valence-corrected chi connectivity index (χ1v) is 11.8. The summed E-state index contributed by atoms with van der Waals surface area (Å²) in [5, 5.41) is 5.24. The summed E-state index contributed by atoms with van der Waals surface area (Å²) in [6.07, 6.45) is -0.300. The maximum absolute atomic E-state index is 12.2.